The zero-order valence-electron chi connectivity index (χ0n) is 21.6. The van der Waals surface area contributed by atoms with E-state index < -0.39 is 17.1 Å². The van der Waals surface area contributed by atoms with E-state index in [0.29, 0.717) is 34.7 Å². The quantitative estimate of drug-likeness (QED) is 0.143. The number of amides is 2. The van der Waals surface area contributed by atoms with Gasteiger partial charge in [-0.15, -0.1) is 0 Å². The van der Waals surface area contributed by atoms with Gasteiger partial charge in [-0.3, -0.25) is 14.5 Å². The number of hydrogen-bond acceptors (Lipinski definition) is 8. The van der Waals surface area contributed by atoms with Crippen LogP contribution < -0.4 is 9.47 Å². The lowest BCUT2D eigenvalue weighted by Crippen LogP contribution is -2.27. The predicted octanol–water partition coefficient (Wildman–Crippen LogP) is 7.20. The smallest absolute Gasteiger partial charge is 0.373 e. The molecule has 0 aliphatic carbocycles. The van der Waals surface area contributed by atoms with Crippen LogP contribution in [0.5, 0.6) is 11.5 Å². The molecule has 2 heterocycles. The molecule has 0 unspecified atom stereocenters. The molecule has 10 heteroatoms. The molecule has 5 rings (SSSR count). The maximum absolute atomic E-state index is 13.1. The first-order valence-corrected chi connectivity index (χ1v) is 14.0. The third-order valence-corrected chi connectivity index (χ3v) is 7.74. The largest absolute Gasteiger partial charge is 0.490 e. The molecule has 0 atom stereocenters. The first-order valence-electron chi connectivity index (χ1n) is 12.4. The van der Waals surface area contributed by atoms with E-state index in [1.807, 2.05) is 31.2 Å². The highest BCUT2D eigenvalue weighted by atomic mass is 79.9. The molecular weight excluding hydrogens is 598 g/mol. The second-order valence-electron chi connectivity index (χ2n) is 8.71. The van der Waals surface area contributed by atoms with Crippen LogP contribution in [0.25, 0.3) is 16.8 Å². The number of esters is 1. The van der Waals surface area contributed by atoms with E-state index >= 15 is 0 Å². The highest BCUT2D eigenvalue weighted by Crippen LogP contribution is 2.39. The Hall–Kier alpha value is -4.02. The Kier molecular flexibility index (Phi) is 8.27. The highest BCUT2D eigenvalue weighted by Gasteiger charge is 2.36. The maximum atomic E-state index is 13.1. The first-order chi connectivity index (χ1) is 19.4. The molecule has 2 amide bonds. The number of furan rings is 1. The Labute approximate surface area is 243 Å². The lowest BCUT2D eigenvalue weighted by Gasteiger charge is -2.15. The maximum Gasteiger partial charge on any atom is 0.373 e. The molecule has 8 nitrogen and oxygen atoms in total. The van der Waals surface area contributed by atoms with Crippen molar-refractivity contribution in [2.75, 3.05) is 13.7 Å². The van der Waals surface area contributed by atoms with Crippen LogP contribution in [0.4, 0.5) is 4.79 Å². The molecule has 0 radical (unpaired) electrons. The Morgan fingerprint density at radius 1 is 1.02 bits per heavy atom. The van der Waals surface area contributed by atoms with Gasteiger partial charge >= 0.3 is 5.97 Å². The highest BCUT2D eigenvalue weighted by molar-refractivity contribution is 9.10. The van der Waals surface area contributed by atoms with E-state index in [0.717, 1.165) is 33.0 Å². The standard InChI is InChI=1S/C30H24BrNO7S/c1-3-37-25-13-20(23(31)15-26(25)38-17-19-9-6-8-18-7-4-5-10-22(18)19)14-27-28(33)32(30(35)40-27)16-21-11-12-24(39-21)29(34)36-2/h4-15H,3,16-17H2,1-2H3/b27-14+. The molecule has 1 aliphatic heterocycles. The number of fused-ring (bicyclic) bond motifs is 1. The summed E-state index contributed by atoms with van der Waals surface area (Å²) in [6.07, 6.45) is 1.63. The summed E-state index contributed by atoms with van der Waals surface area (Å²) in [5.41, 5.74) is 1.70. The molecule has 0 bridgehead atoms. The van der Waals surface area contributed by atoms with Crippen LogP contribution in [0.15, 0.2) is 80.5 Å². The third-order valence-electron chi connectivity index (χ3n) is 6.15. The van der Waals surface area contributed by atoms with E-state index in [1.165, 1.54) is 19.2 Å². The zero-order valence-corrected chi connectivity index (χ0v) is 24.0. The van der Waals surface area contributed by atoms with Gasteiger partial charge in [-0.2, -0.15) is 0 Å². The fourth-order valence-corrected chi connectivity index (χ4v) is 5.49. The molecule has 40 heavy (non-hydrogen) atoms. The van der Waals surface area contributed by atoms with Crippen molar-refractivity contribution < 1.29 is 33.0 Å². The van der Waals surface area contributed by atoms with Crippen LogP contribution in [0, 0.1) is 0 Å². The number of thioether (sulfide) groups is 1. The van der Waals surface area contributed by atoms with Gasteiger partial charge in [-0.1, -0.05) is 58.4 Å². The summed E-state index contributed by atoms with van der Waals surface area (Å²) >= 11 is 4.40. The molecule has 1 fully saturated rings. The molecule has 3 aromatic carbocycles. The average Bonchev–Trinajstić information content (AvgIpc) is 3.54. The van der Waals surface area contributed by atoms with Gasteiger partial charge in [0.25, 0.3) is 11.1 Å². The zero-order chi connectivity index (χ0) is 28.2. The number of halogens is 1. The minimum Gasteiger partial charge on any atom is -0.490 e. The van der Waals surface area contributed by atoms with Crippen molar-refractivity contribution >= 4 is 61.7 Å². The van der Waals surface area contributed by atoms with Crippen molar-refractivity contribution in [2.24, 2.45) is 0 Å². The van der Waals surface area contributed by atoms with E-state index in [4.69, 9.17) is 13.9 Å². The lowest BCUT2D eigenvalue weighted by molar-refractivity contribution is -0.123. The Morgan fingerprint density at radius 3 is 2.60 bits per heavy atom. The fraction of sp³-hybridized carbons (Fsp3) is 0.167. The van der Waals surface area contributed by atoms with Gasteiger partial charge in [0.2, 0.25) is 5.76 Å². The molecule has 4 aromatic rings. The normalized spacial score (nSPS) is 14.3. The second kappa shape index (κ2) is 12.0. The second-order valence-corrected chi connectivity index (χ2v) is 10.6. The van der Waals surface area contributed by atoms with Crippen LogP contribution in [0.2, 0.25) is 0 Å². The minimum absolute atomic E-state index is 0.00448. The molecule has 0 saturated carbocycles. The molecular formula is C30H24BrNO7S. The van der Waals surface area contributed by atoms with Crippen LogP contribution in [0.1, 0.15) is 34.4 Å². The SMILES string of the molecule is CCOc1cc(/C=C2/SC(=O)N(Cc3ccc(C(=O)OC)o3)C2=O)c(Br)cc1OCc1cccc2ccccc12. The van der Waals surface area contributed by atoms with Crippen molar-refractivity contribution in [3.8, 4) is 11.5 Å². The molecule has 204 valence electrons. The number of rotatable bonds is 9. The fourth-order valence-electron chi connectivity index (χ4n) is 4.22. The molecule has 1 aromatic heterocycles. The van der Waals surface area contributed by atoms with Gasteiger partial charge < -0.3 is 18.6 Å². The van der Waals surface area contributed by atoms with E-state index in [2.05, 4.69) is 38.9 Å². The third kappa shape index (κ3) is 5.78. The summed E-state index contributed by atoms with van der Waals surface area (Å²) in [5, 5.41) is 1.81. The van der Waals surface area contributed by atoms with E-state index in [9.17, 15) is 14.4 Å². The number of carbonyl (C=O) groups is 3. The summed E-state index contributed by atoms with van der Waals surface area (Å²) in [4.78, 5) is 38.7. The van der Waals surface area contributed by atoms with Crippen molar-refractivity contribution in [2.45, 2.75) is 20.1 Å². The van der Waals surface area contributed by atoms with Gasteiger partial charge in [0, 0.05) is 4.47 Å². The Bertz CT molecular complexity index is 1640. The van der Waals surface area contributed by atoms with Crippen LogP contribution in [-0.2, 0) is 22.7 Å². The number of hydrogen-bond donors (Lipinski definition) is 0. The van der Waals surface area contributed by atoms with Crippen LogP contribution in [0.3, 0.4) is 0 Å². The van der Waals surface area contributed by atoms with Crippen LogP contribution in [-0.4, -0.2) is 35.7 Å². The van der Waals surface area contributed by atoms with Crippen molar-refractivity contribution in [3.63, 3.8) is 0 Å². The topological polar surface area (TPSA) is 95.3 Å². The number of imide groups is 1. The molecule has 0 spiro atoms. The number of carbonyl (C=O) groups excluding carboxylic acids is 3. The van der Waals surface area contributed by atoms with Gasteiger partial charge in [-0.05, 0) is 70.9 Å². The number of nitrogens with zero attached hydrogens (tertiary/aromatic N) is 1. The van der Waals surface area contributed by atoms with E-state index in [1.54, 1.807) is 18.2 Å². The molecule has 1 saturated heterocycles. The Balaban J connectivity index is 1.36. The summed E-state index contributed by atoms with van der Waals surface area (Å²) in [6, 6.07) is 20.7. The monoisotopic (exact) mass is 621 g/mol. The minimum atomic E-state index is -0.639. The Morgan fingerprint density at radius 2 is 1.80 bits per heavy atom. The van der Waals surface area contributed by atoms with Crippen molar-refractivity contribution in [1.82, 2.24) is 4.90 Å². The van der Waals surface area contributed by atoms with Gasteiger partial charge in [0.15, 0.2) is 11.5 Å². The van der Waals surface area contributed by atoms with Gasteiger partial charge in [0.05, 0.1) is 25.2 Å². The first kappa shape index (κ1) is 27.5. The average molecular weight is 622 g/mol. The summed E-state index contributed by atoms with van der Waals surface area (Å²) in [5.74, 6) is 0.243. The van der Waals surface area contributed by atoms with Crippen molar-refractivity contribution in [3.05, 3.63) is 98.8 Å². The predicted molar refractivity (Wildman–Crippen MR) is 155 cm³/mol. The number of benzene rings is 3. The molecule has 0 N–H and O–H groups in total. The number of methoxy groups -OCH3 is 1. The van der Waals surface area contributed by atoms with Crippen LogP contribution >= 0.6 is 27.7 Å². The molecule has 1 aliphatic rings. The summed E-state index contributed by atoms with van der Waals surface area (Å²) in [6.45, 7) is 2.53. The summed E-state index contributed by atoms with van der Waals surface area (Å²) < 4.78 is 22.8. The van der Waals surface area contributed by atoms with Gasteiger partial charge in [0.1, 0.15) is 12.4 Å². The van der Waals surface area contributed by atoms with Gasteiger partial charge in [-0.25, -0.2) is 4.79 Å². The number of ether oxygens (including phenoxy) is 3. The van der Waals surface area contributed by atoms with Crippen molar-refractivity contribution in [1.29, 1.82) is 0 Å². The summed E-state index contributed by atoms with van der Waals surface area (Å²) in [7, 11) is 1.24. The van der Waals surface area contributed by atoms with E-state index in [-0.39, 0.29) is 23.0 Å². The lowest BCUT2D eigenvalue weighted by atomic mass is 10.1.